The van der Waals surface area contributed by atoms with Crippen molar-refractivity contribution in [2.24, 2.45) is 0 Å². The van der Waals surface area contributed by atoms with Crippen LogP contribution in [0, 0.1) is 15.9 Å². The summed E-state index contributed by atoms with van der Waals surface area (Å²) < 4.78 is 13.3. The maximum absolute atomic E-state index is 13.4. The van der Waals surface area contributed by atoms with Gasteiger partial charge < -0.3 is 5.32 Å². The number of pyridine rings is 1. The molecule has 2 rings (SSSR count). The normalized spacial score (nSPS) is 10.2. The summed E-state index contributed by atoms with van der Waals surface area (Å²) in [4.78, 5) is 25.9. The van der Waals surface area contributed by atoms with Crippen LogP contribution in [0.4, 0.5) is 15.9 Å². The van der Waals surface area contributed by atoms with Crippen molar-refractivity contribution in [2.75, 3.05) is 5.32 Å². The first-order valence-corrected chi connectivity index (χ1v) is 6.63. The molecule has 21 heavy (non-hydrogen) atoms. The molecule has 1 N–H and O–H groups in total. The fraction of sp³-hybridized carbons (Fsp3) is 0. The van der Waals surface area contributed by atoms with Crippen LogP contribution in [0.2, 0.25) is 5.15 Å². The number of nitrogens with zero attached hydrogens (tertiary/aromatic N) is 2. The number of carbonyl (C=O) groups excluding carboxylic acids is 1. The van der Waals surface area contributed by atoms with Gasteiger partial charge in [-0.3, -0.25) is 14.9 Å². The van der Waals surface area contributed by atoms with Crippen LogP contribution in [-0.2, 0) is 0 Å². The number of rotatable bonds is 3. The number of hydrogen-bond donors (Lipinski definition) is 1. The molecule has 0 saturated carbocycles. The molecule has 1 aromatic heterocycles. The highest BCUT2D eigenvalue weighted by molar-refractivity contribution is 9.10. The summed E-state index contributed by atoms with van der Waals surface area (Å²) in [6.45, 7) is 0. The lowest BCUT2D eigenvalue weighted by Crippen LogP contribution is -2.15. The van der Waals surface area contributed by atoms with Gasteiger partial charge in [-0.25, -0.2) is 9.37 Å². The minimum absolute atomic E-state index is 0.0193. The van der Waals surface area contributed by atoms with Crippen molar-refractivity contribution in [3.05, 3.63) is 61.5 Å². The van der Waals surface area contributed by atoms with Gasteiger partial charge >= 0.3 is 5.69 Å². The molecule has 0 aliphatic heterocycles. The Balaban J connectivity index is 2.38. The first-order valence-electron chi connectivity index (χ1n) is 5.46. The van der Waals surface area contributed by atoms with Crippen molar-refractivity contribution < 1.29 is 14.1 Å². The smallest absolute Gasteiger partial charge is 0.301 e. The Morgan fingerprint density at radius 3 is 2.76 bits per heavy atom. The Morgan fingerprint density at radius 2 is 2.10 bits per heavy atom. The zero-order valence-electron chi connectivity index (χ0n) is 10.1. The third-order valence-corrected chi connectivity index (χ3v) is 3.48. The highest BCUT2D eigenvalue weighted by Gasteiger charge is 2.20. The topological polar surface area (TPSA) is 85.1 Å². The van der Waals surface area contributed by atoms with E-state index in [0.29, 0.717) is 0 Å². The molecule has 0 radical (unpaired) electrons. The number of hydrogen-bond acceptors (Lipinski definition) is 4. The van der Waals surface area contributed by atoms with E-state index in [1.165, 1.54) is 24.3 Å². The molecule has 0 bridgehead atoms. The maximum Gasteiger partial charge on any atom is 0.311 e. The fourth-order valence-corrected chi connectivity index (χ4v) is 2.11. The maximum atomic E-state index is 13.4. The first-order chi connectivity index (χ1) is 9.90. The van der Waals surface area contributed by atoms with Gasteiger partial charge in [0.2, 0.25) is 5.82 Å². The van der Waals surface area contributed by atoms with Gasteiger partial charge in [0.1, 0.15) is 11.0 Å². The van der Waals surface area contributed by atoms with Gasteiger partial charge in [-0.1, -0.05) is 17.7 Å². The summed E-state index contributed by atoms with van der Waals surface area (Å²) in [5, 5.41) is 13.1. The van der Waals surface area contributed by atoms with E-state index in [9.17, 15) is 19.3 Å². The molecule has 1 heterocycles. The second-order valence-electron chi connectivity index (χ2n) is 3.81. The third kappa shape index (κ3) is 3.34. The molecule has 108 valence electrons. The molecule has 0 fully saturated rings. The van der Waals surface area contributed by atoms with Crippen molar-refractivity contribution in [1.82, 2.24) is 4.98 Å². The van der Waals surface area contributed by atoms with Gasteiger partial charge in [-0.2, -0.15) is 0 Å². The molecule has 0 unspecified atom stereocenters. The number of nitrogens with one attached hydrogen (secondary N) is 1. The van der Waals surface area contributed by atoms with Crippen molar-refractivity contribution in [1.29, 1.82) is 0 Å². The molecule has 0 aliphatic rings. The molecule has 1 amide bonds. The largest absolute Gasteiger partial charge is 0.311 e. The van der Waals surface area contributed by atoms with E-state index >= 15 is 0 Å². The lowest BCUT2D eigenvalue weighted by atomic mass is 10.2. The minimum Gasteiger partial charge on any atom is -0.301 e. The van der Waals surface area contributed by atoms with E-state index < -0.39 is 22.3 Å². The number of benzene rings is 1. The van der Waals surface area contributed by atoms with Crippen LogP contribution in [0.15, 0.2) is 34.8 Å². The Labute approximate surface area is 131 Å². The molecule has 0 saturated heterocycles. The van der Waals surface area contributed by atoms with Crippen molar-refractivity contribution >= 4 is 44.9 Å². The summed E-state index contributed by atoms with van der Waals surface area (Å²) in [5.41, 5.74) is -0.439. The van der Waals surface area contributed by atoms with Crippen molar-refractivity contribution in [3.8, 4) is 0 Å². The highest BCUT2D eigenvalue weighted by Crippen LogP contribution is 2.26. The monoisotopic (exact) mass is 373 g/mol. The third-order valence-electron chi connectivity index (χ3n) is 2.46. The summed E-state index contributed by atoms with van der Waals surface area (Å²) in [7, 11) is 0. The second kappa shape index (κ2) is 6.15. The minimum atomic E-state index is -0.751. The Kier molecular flexibility index (Phi) is 4.49. The molecule has 0 spiro atoms. The SMILES string of the molecule is O=C(Nc1nc(Cl)ccc1[N+](=O)[O-])c1cccc(F)c1Br. The number of halogens is 3. The lowest BCUT2D eigenvalue weighted by molar-refractivity contribution is -0.384. The van der Waals surface area contributed by atoms with Crippen LogP contribution in [0.5, 0.6) is 0 Å². The quantitative estimate of drug-likeness (QED) is 0.503. The van der Waals surface area contributed by atoms with Crippen molar-refractivity contribution in [2.45, 2.75) is 0 Å². The van der Waals surface area contributed by atoms with E-state index in [-0.39, 0.29) is 21.0 Å². The van der Waals surface area contributed by atoms with Crippen LogP contribution < -0.4 is 5.32 Å². The van der Waals surface area contributed by atoms with E-state index in [0.717, 1.165) is 6.07 Å². The molecule has 1 aromatic carbocycles. The molecule has 0 aliphatic carbocycles. The van der Waals surface area contributed by atoms with E-state index in [1.807, 2.05) is 0 Å². The van der Waals surface area contributed by atoms with Gasteiger partial charge in [-0.15, -0.1) is 0 Å². The predicted molar refractivity (Wildman–Crippen MR) is 78.0 cm³/mol. The summed E-state index contributed by atoms with van der Waals surface area (Å²) in [5.74, 6) is -1.69. The van der Waals surface area contributed by atoms with Gasteiger partial charge in [0.15, 0.2) is 0 Å². The number of carbonyl (C=O) groups is 1. The standard InChI is InChI=1S/C12H6BrClFN3O3/c13-10-6(2-1-3-7(10)15)12(19)17-11-8(18(20)21)4-5-9(14)16-11/h1-5H,(H,16,17,19). The van der Waals surface area contributed by atoms with Crippen LogP contribution >= 0.6 is 27.5 Å². The molecular formula is C12H6BrClFN3O3. The van der Waals surface area contributed by atoms with Gasteiger partial charge in [0, 0.05) is 6.07 Å². The van der Waals surface area contributed by atoms with Gasteiger partial charge in [0.25, 0.3) is 5.91 Å². The highest BCUT2D eigenvalue weighted by atomic mass is 79.9. The second-order valence-corrected chi connectivity index (χ2v) is 4.99. The average molecular weight is 375 g/mol. The number of anilines is 1. The van der Waals surface area contributed by atoms with E-state index in [2.05, 4.69) is 26.2 Å². The van der Waals surface area contributed by atoms with Crippen LogP contribution in [0.25, 0.3) is 0 Å². The van der Waals surface area contributed by atoms with E-state index in [1.54, 1.807) is 0 Å². The average Bonchev–Trinajstić information content (AvgIpc) is 2.41. The van der Waals surface area contributed by atoms with Crippen LogP contribution in [0.1, 0.15) is 10.4 Å². The van der Waals surface area contributed by atoms with Crippen molar-refractivity contribution in [3.63, 3.8) is 0 Å². The fourth-order valence-electron chi connectivity index (χ4n) is 1.52. The summed E-state index contributed by atoms with van der Waals surface area (Å²) >= 11 is 8.59. The van der Waals surface area contributed by atoms with Crippen LogP contribution in [-0.4, -0.2) is 15.8 Å². The van der Waals surface area contributed by atoms with Crippen LogP contribution in [0.3, 0.4) is 0 Å². The molecule has 0 atom stereocenters. The van der Waals surface area contributed by atoms with Gasteiger partial charge in [-0.05, 0) is 34.1 Å². The Hall–Kier alpha value is -2.06. The number of aromatic nitrogens is 1. The number of nitro groups is 1. The summed E-state index contributed by atoms with van der Waals surface area (Å²) in [6.07, 6.45) is 0. The Morgan fingerprint density at radius 1 is 1.38 bits per heavy atom. The predicted octanol–water partition coefficient (Wildman–Crippen LogP) is 3.80. The summed E-state index contributed by atoms with van der Waals surface area (Å²) in [6, 6.07) is 6.22. The molecule has 2 aromatic rings. The first kappa shape index (κ1) is 15.3. The molecule has 9 heteroatoms. The number of amides is 1. The van der Waals surface area contributed by atoms with E-state index in [4.69, 9.17) is 11.6 Å². The lowest BCUT2D eigenvalue weighted by Gasteiger charge is -2.07. The zero-order valence-corrected chi connectivity index (χ0v) is 12.5. The van der Waals surface area contributed by atoms with Gasteiger partial charge in [0.05, 0.1) is 15.0 Å². The Bertz CT molecular complexity index is 742. The molecule has 6 nitrogen and oxygen atoms in total. The molecular weight excluding hydrogens is 369 g/mol. The zero-order chi connectivity index (χ0) is 15.6.